The Labute approximate surface area is 158 Å². The zero-order valence-electron chi connectivity index (χ0n) is 15.7. The highest BCUT2D eigenvalue weighted by Crippen LogP contribution is 2.17. The van der Waals surface area contributed by atoms with Crippen molar-refractivity contribution in [2.24, 2.45) is 0 Å². The van der Waals surface area contributed by atoms with Crippen molar-refractivity contribution in [3.63, 3.8) is 0 Å². The summed E-state index contributed by atoms with van der Waals surface area (Å²) in [5.74, 6) is -0.968. The molecule has 3 rings (SSSR count). The number of rotatable bonds is 5. The third-order valence-corrected chi connectivity index (χ3v) is 4.55. The van der Waals surface area contributed by atoms with Crippen LogP contribution in [0.4, 0.5) is 0 Å². The standard InChI is InChI=1S/C22H22N2O3/c1-14-8-9-18(12-15(14)2)16(3)23-21(25)13-27-22(26)20-11-10-17-6-4-5-7-19(17)24-20/h4-12,16H,13H2,1-3H3,(H,23,25)/t16-/m1/s1. The molecule has 1 amide bonds. The first kappa shape index (κ1) is 18.6. The number of amides is 1. The third kappa shape index (κ3) is 4.50. The average molecular weight is 362 g/mol. The highest BCUT2D eigenvalue weighted by Gasteiger charge is 2.14. The summed E-state index contributed by atoms with van der Waals surface area (Å²) in [6, 6.07) is 16.8. The van der Waals surface area contributed by atoms with E-state index in [0.717, 1.165) is 10.9 Å². The lowest BCUT2D eigenvalue weighted by Crippen LogP contribution is -2.31. The van der Waals surface area contributed by atoms with E-state index in [0.29, 0.717) is 5.52 Å². The Kier molecular flexibility index (Phi) is 5.50. The summed E-state index contributed by atoms with van der Waals surface area (Å²) in [6.07, 6.45) is 0. The van der Waals surface area contributed by atoms with Crippen LogP contribution >= 0.6 is 0 Å². The molecule has 0 aliphatic heterocycles. The van der Waals surface area contributed by atoms with Crippen molar-refractivity contribution in [2.45, 2.75) is 26.8 Å². The van der Waals surface area contributed by atoms with Gasteiger partial charge in [0.15, 0.2) is 6.61 Å². The topological polar surface area (TPSA) is 68.3 Å². The number of carbonyl (C=O) groups excluding carboxylic acids is 2. The average Bonchev–Trinajstić information content (AvgIpc) is 2.67. The summed E-state index contributed by atoms with van der Waals surface area (Å²) < 4.78 is 5.10. The highest BCUT2D eigenvalue weighted by molar-refractivity contribution is 5.92. The van der Waals surface area contributed by atoms with Crippen LogP contribution in [0.1, 0.15) is 40.1 Å². The van der Waals surface area contributed by atoms with Gasteiger partial charge in [0, 0.05) is 5.39 Å². The Hall–Kier alpha value is -3.21. The molecule has 0 aliphatic rings. The lowest BCUT2D eigenvalue weighted by Gasteiger charge is -2.15. The van der Waals surface area contributed by atoms with Crippen molar-refractivity contribution in [1.29, 1.82) is 0 Å². The number of benzene rings is 2. The van der Waals surface area contributed by atoms with Crippen molar-refractivity contribution in [2.75, 3.05) is 6.61 Å². The van der Waals surface area contributed by atoms with Gasteiger partial charge in [0.1, 0.15) is 5.69 Å². The van der Waals surface area contributed by atoms with Gasteiger partial charge in [-0.3, -0.25) is 4.79 Å². The zero-order valence-corrected chi connectivity index (χ0v) is 15.7. The number of ether oxygens (including phenoxy) is 1. The number of pyridine rings is 1. The number of carbonyl (C=O) groups is 2. The van der Waals surface area contributed by atoms with Crippen molar-refractivity contribution < 1.29 is 14.3 Å². The number of fused-ring (bicyclic) bond motifs is 1. The first-order valence-corrected chi connectivity index (χ1v) is 8.83. The molecule has 5 nitrogen and oxygen atoms in total. The smallest absolute Gasteiger partial charge is 0.357 e. The van der Waals surface area contributed by atoms with E-state index in [4.69, 9.17) is 4.74 Å². The van der Waals surface area contributed by atoms with Gasteiger partial charge < -0.3 is 10.1 Å². The van der Waals surface area contributed by atoms with E-state index < -0.39 is 5.97 Å². The van der Waals surface area contributed by atoms with E-state index in [1.54, 1.807) is 12.1 Å². The van der Waals surface area contributed by atoms with E-state index in [1.807, 2.05) is 63.2 Å². The predicted octanol–water partition coefficient (Wildman–Crippen LogP) is 3.89. The Morgan fingerprint density at radius 3 is 2.59 bits per heavy atom. The number of hydrogen-bond acceptors (Lipinski definition) is 4. The van der Waals surface area contributed by atoms with Gasteiger partial charge in [0.05, 0.1) is 11.6 Å². The molecule has 0 spiro atoms. The molecule has 0 saturated carbocycles. The third-order valence-electron chi connectivity index (χ3n) is 4.55. The minimum atomic E-state index is -0.616. The molecule has 1 aromatic heterocycles. The molecule has 1 heterocycles. The maximum atomic E-state index is 12.2. The van der Waals surface area contributed by atoms with E-state index >= 15 is 0 Å². The van der Waals surface area contributed by atoms with Crippen molar-refractivity contribution in [3.8, 4) is 0 Å². The summed E-state index contributed by atoms with van der Waals surface area (Å²) in [7, 11) is 0. The molecule has 3 aromatic rings. The summed E-state index contributed by atoms with van der Waals surface area (Å²) in [6.45, 7) is 5.63. The van der Waals surface area contributed by atoms with E-state index in [2.05, 4.69) is 10.3 Å². The molecule has 0 aliphatic carbocycles. The molecule has 138 valence electrons. The van der Waals surface area contributed by atoms with Gasteiger partial charge in [-0.1, -0.05) is 42.5 Å². The molecule has 0 saturated heterocycles. The molecular formula is C22H22N2O3. The largest absolute Gasteiger partial charge is 0.451 e. The van der Waals surface area contributed by atoms with Crippen molar-refractivity contribution >= 4 is 22.8 Å². The number of aryl methyl sites for hydroxylation is 2. The molecule has 0 fully saturated rings. The van der Waals surface area contributed by atoms with Gasteiger partial charge in [0.2, 0.25) is 0 Å². The van der Waals surface area contributed by atoms with Gasteiger partial charge >= 0.3 is 5.97 Å². The number of aromatic nitrogens is 1. The Balaban J connectivity index is 1.57. The van der Waals surface area contributed by atoms with Crippen LogP contribution in [0.3, 0.4) is 0 Å². The molecule has 1 N–H and O–H groups in total. The van der Waals surface area contributed by atoms with E-state index in [9.17, 15) is 9.59 Å². The van der Waals surface area contributed by atoms with Gasteiger partial charge in [-0.2, -0.15) is 0 Å². The number of hydrogen-bond donors (Lipinski definition) is 1. The van der Waals surface area contributed by atoms with Crippen LogP contribution in [0.5, 0.6) is 0 Å². The Bertz CT molecular complexity index is 998. The second kappa shape index (κ2) is 7.99. The first-order valence-electron chi connectivity index (χ1n) is 8.83. The number of para-hydroxylation sites is 1. The monoisotopic (exact) mass is 362 g/mol. The van der Waals surface area contributed by atoms with Crippen LogP contribution in [-0.2, 0) is 9.53 Å². The maximum Gasteiger partial charge on any atom is 0.357 e. The second-order valence-corrected chi connectivity index (χ2v) is 6.60. The second-order valence-electron chi connectivity index (χ2n) is 6.60. The van der Waals surface area contributed by atoms with Gasteiger partial charge in [0.25, 0.3) is 5.91 Å². The molecule has 2 aromatic carbocycles. The Morgan fingerprint density at radius 2 is 1.81 bits per heavy atom. The normalized spacial score (nSPS) is 11.8. The molecule has 27 heavy (non-hydrogen) atoms. The van der Waals surface area contributed by atoms with Crippen molar-refractivity contribution in [1.82, 2.24) is 10.3 Å². The summed E-state index contributed by atoms with van der Waals surface area (Å²) in [5, 5.41) is 3.78. The van der Waals surface area contributed by atoms with Crippen LogP contribution in [0.25, 0.3) is 10.9 Å². The summed E-state index contributed by atoms with van der Waals surface area (Å²) in [5.41, 5.74) is 4.27. The molecule has 0 unspecified atom stereocenters. The quantitative estimate of drug-likeness (QED) is 0.699. The minimum Gasteiger partial charge on any atom is -0.451 e. The van der Waals surface area contributed by atoms with Crippen molar-refractivity contribution in [3.05, 3.63) is 77.0 Å². The van der Waals surface area contributed by atoms with Gasteiger partial charge in [-0.05, 0) is 49.6 Å². The SMILES string of the molecule is Cc1ccc([C@@H](C)NC(=O)COC(=O)c2ccc3ccccc3n2)cc1C. The van der Waals surface area contributed by atoms with Crippen LogP contribution < -0.4 is 5.32 Å². The Morgan fingerprint density at radius 1 is 1.04 bits per heavy atom. The molecule has 5 heteroatoms. The van der Waals surface area contributed by atoms with Crippen LogP contribution in [0, 0.1) is 13.8 Å². The number of esters is 1. The molecule has 1 atom stereocenters. The van der Waals surface area contributed by atoms with Gasteiger partial charge in [-0.25, -0.2) is 9.78 Å². The minimum absolute atomic E-state index is 0.172. The van der Waals surface area contributed by atoms with Crippen LogP contribution in [-0.4, -0.2) is 23.5 Å². The highest BCUT2D eigenvalue weighted by atomic mass is 16.5. The van der Waals surface area contributed by atoms with E-state index in [-0.39, 0.29) is 24.2 Å². The number of nitrogens with one attached hydrogen (secondary N) is 1. The zero-order chi connectivity index (χ0) is 19.4. The molecule has 0 radical (unpaired) electrons. The lowest BCUT2D eigenvalue weighted by molar-refractivity contribution is -0.124. The fourth-order valence-corrected chi connectivity index (χ4v) is 2.79. The van der Waals surface area contributed by atoms with Gasteiger partial charge in [-0.15, -0.1) is 0 Å². The molecule has 0 bridgehead atoms. The fraction of sp³-hybridized carbons (Fsp3) is 0.227. The van der Waals surface area contributed by atoms with E-state index in [1.165, 1.54) is 11.1 Å². The maximum absolute atomic E-state index is 12.2. The number of nitrogens with zero attached hydrogens (tertiary/aromatic N) is 1. The molecular weight excluding hydrogens is 340 g/mol. The fourth-order valence-electron chi connectivity index (χ4n) is 2.79. The summed E-state index contributed by atoms with van der Waals surface area (Å²) >= 11 is 0. The van der Waals surface area contributed by atoms with Crippen LogP contribution in [0.2, 0.25) is 0 Å². The summed E-state index contributed by atoms with van der Waals surface area (Å²) in [4.78, 5) is 28.6. The predicted molar refractivity (Wildman–Crippen MR) is 104 cm³/mol. The first-order chi connectivity index (χ1) is 12.9. The lowest BCUT2D eigenvalue weighted by atomic mass is 10.0. The van der Waals surface area contributed by atoms with Crippen LogP contribution in [0.15, 0.2) is 54.6 Å².